The van der Waals surface area contributed by atoms with Crippen molar-refractivity contribution < 1.29 is 19.0 Å². The third kappa shape index (κ3) is 6.75. The number of alkyl halides is 1. The number of rotatable bonds is 12. The number of fused-ring (bicyclic) bond motifs is 1. The molecule has 1 aliphatic heterocycles. The standard InChI is InChI=1S/C28H34ClFN2O3S/c1-35-20-7-8-25-22(17-20)27(23(29)19-31-25)24(30)9-10-28(18-26(33)34)11-14-32(15-12-28)13-3-2-5-21-6-4-16-36-21/h4,6-8,16-17,19,24H,2-3,5,9-15,18H2,1H3,(H,33,34)/t24-/m1/s1. The summed E-state index contributed by atoms with van der Waals surface area (Å²) in [5.41, 5.74) is 0.677. The summed E-state index contributed by atoms with van der Waals surface area (Å²) >= 11 is 8.21. The van der Waals surface area contributed by atoms with Crippen LogP contribution in [0.15, 0.2) is 41.9 Å². The Morgan fingerprint density at radius 3 is 2.81 bits per heavy atom. The first-order chi connectivity index (χ1) is 17.4. The monoisotopic (exact) mass is 532 g/mol. The van der Waals surface area contributed by atoms with Crippen LogP contribution in [0.1, 0.15) is 61.6 Å². The molecule has 2 aromatic heterocycles. The molecule has 4 rings (SSSR count). The van der Waals surface area contributed by atoms with Gasteiger partial charge in [0.25, 0.3) is 0 Å². The number of piperidine rings is 1. The number of ether oxygens (including phenoxy) is 1. The maximum Gasteiger partial charge on any atom is 0.303 e. The number of carboxylic acid groups (broad SMARTS) is 1. The van der Waals surface area contributed by atoms with Crippen molar-refractivity contribution in [3.8, 4) is 5.75 Å². The van der Waals surface area contributed by atoms with E-state index in [1.54, 1.807) is 36.6 Å². The summed E-state index contributed by atoms with van der Waals surface area (Å²) in [6, 6.07) is 9.62. The van der Waals surface area contributed by atoms with Gasteiger partial charge < -0.3 is 14.7 Å². The minimum Gasteiger partial charge on any atom is -0.497 e. The number of halogens is 2. The summed E-state index contributed by atoms with van der Waals surface area (Å²) in [5, 5.41) is 12.7. The van der Waals surface area contributed by atoms with Crippen molar-refractivity contribution in [1.82, 2.24) is 9.88 Å². The van der Waals surface area contributed by atoms with Gasteiger partial charge in [0.05, 0.1) is 24.1 Å². The highest BCUT2D eigenvalue weighted by Gasteiger charge is 2.37. The van der Waals surface area contributed by atoms with Gasteiger partial charge in [-0.2, -0.15) is 0 Å². The molecule has 1 fully saturated rings. The highest BCUT2D eigenvalue weighted by Crippen LogP contribution is 2.44. The molecule has 1 N–H and O–H groups in total. The van der Waals surface area contributed by atoms with Gasteiger partial charge in [-0.15, -0.1) is 11.3 Å². The Balaban J connectivity index is 1.37. The fraction of sp³-hybridized carbons (Fsp3) is 0.500. The summed E-state index contributed by atoms with van der Waals surface area (Å²) < 4.78 is 21.0. The number of thiophene rings is 1. The first-order valence-electron chi connectivity index (χ1n) is 12.6. The van der Waals surface area contributed by atoms with Crippen molar-refractivity contribution in [1.29, 1.82) is 0 Å². The second-order valence-electron chi connectivity index (χ2n) is 9.86. The van der Waals surface area contributed by atoms with E-state index in [2.05, 4.69) is 27.4 Å². The number of nitrogens with zero attached hydrogens (tertiary/aromatic N) is 2. The molecule has 5 nitrogen and oxygen atoms in total. The van der Waals surface area contributed by atoms with Crippen molar-refractivity contribution in [2.24, 2.45) is 5.41 Å². The number of unbranched alkanes of at least 4 members (excludes halogenated alkanes) is 1. The number of aryl methyl sites for hydroxylation is 1. The molecule has 3 heterocycles. The lowest BCUT2D eigenvalue weighted by molar-refractivity contribution is -0.141. The van der Waals surface area contributed by atoms with Crippen LogP contribution in [-0.2, 0) is 11.2 Å². The lowest BCUT2D eigenvalue weighted by Crippen LogP contribution is -2.41. The molecule has 0 saturated carbocycles. The summed E-state index contributed by atoms with van der Waals surface area (Å²) in [5.74, 6) is -0.197. The Bertz CT molecular complexity index is 1150. The highest BCUT2D eigenvalue weighted by atomic mass is 35.5. The molecule has 0 radical (unpaired) electrons. The number of likely N-dealkylation sites (tertiary alicyclic amines) is 1. The van der Waals surface area contributed by atoms with Crippen LogP contribution >= 0.6 is 22.9 Å². The van der Waals surface area contributed by atoms with Crippen molar-refractivity contribution in [3.63, 3.8) is 0 Å². The lowest BCUT2D eigenvalue weighted by atomic mass is 9.71. The minimum absolute atomic E-state index is 0.0740. The van der Waals surface area contributed by atoms with Crippen LogP contribution in [0, 0.1) is 5.41 Å². The largest absolute Gasteiger partial charge is 0.497 e. The Morgan fingerprint density at radius 2 is 2.11 bits per heavy atom. The van der Waals surface area contributed by atoms with Gasteiger partial charge in [0, 0.05) is 22.0 Å². The Hall–Kier alpha value is -2.22. The Labute approximate surface area is 221 Å². The third-order valence-corrected chi connectivity index (χ3v) is 8.72. The first-order valence-corrected chi connectivity index (χ1v) is 13.9. The van der Waals surface area contributed by atoms with Crippen molar-refractivity contribution in [2.75, 3.05) is 26.7 Å². The lowest BCUT2D eigenvalue weighted by Gasteiger charge is -2.41. The van der Waals surface area contributed by atoms with E-state index in [0.717, 1.165) is 51.7 Å². The van der Waals surface area contributed by atoms with E-state index in [-0.39, 0.29) is 17.9 Å². The number of hydrogen-bond acceptors (Lipinski definition) is 5. The summed E-state index contributed by atoms with van der Waals surface area (Å²) in [7, 11) is 1.57. The number of aliphatic carboxylic acids is 1. The average molecular weight is 533 g/mol. The third-order valence-electron chi connectivity index (χ3n) is 7.48. The second kappa shape index (κ2) is 12.3. The SMILES string of the molecule is COc1ccc2ncc(Cl)c([C@H](F)CCC3(CC(=O)O)CCN(CCCCc4cccs4)CC3)c2c1. The van der Waals surface area contributed by atoms with Crippen LogP contribution in [0.3, 0.4) is 0 Å². The van der Waals surface area contributed by atoms with Gasteiger partial charge in [0.15, 0.2) is 0 Å². The maximum absolute atomic E-state index is 15.7. The highest BCUT2D eigenvalue weighted by molar-refractivity contribution is 7.09. The predicted octanol–water partition coefficient (Wildman–Crippen LogP) is 7.33. The fourth-order valence-corrected chi connectivity index (χ4v) is 6.39. The maximum atomic E-state index is 15.7. The van der Waals surface area contributed by atoms with E-state index in [4.69, 9.17) is 16.3 Å². The van der Waals surface area contributed by atoms with Crippen molar-refractivity contribution >= 4 is 39.8 Å². The summed E-state index contributed by atoms with van der Waals surface area (Å²) in [6.07, 6.45) is 5.94. The smallest absolute Gasteiger partial charge is 0.303 e. The van der Waals surface area contributed by atoms with E-state index in [1.807, 2.05) is 0 Å². The van der Waals surface area contributed by atoms with E-state index in [9.17, 15) is 9.90 Å². The Kier molecular flexibility index (Phi) is 9.20. The molecule has 0 unspecified atom stereocenters. The van der Waals surface area contributed by atoms with E-state index >= 15 is 4.39 Å². The molecule has 194 valence electrons. The summed E-state index contributed by atoms with van der Waals surface area (Å²) in [6.45, 7) is 2.75. The number of benzene rings is 1. The number of carboxylic acids is 1. The zero-order valence-electron chi connectivity index (χ0n) is 20.7. The number of aromatic nitrogens is 1. The molecule has 0 spiro atoms. The molecule has 36 heavy (non-hydrogen) atoms. The van der Waals surface area contributed by atoms with Gasteiger partial charge in [0.1, 0.15) is 11.9 Å². The van der Waals surface area contributed by atoms with E-state index in [0.29, 0.717) is 28.6 Å². The quantitative estimate of drug-likeness (QED) is 0.247. The van der Waals surface area contributed by atoms with Gasteiger partial charge >= 0.3 is 5.97 Å². The van der Waals surface area contributed by atoms with Crippen LogP contribution < -0.4 is 4.74 Å². The molecular formula is C28H34ClFN2O3S. The van der Waals surface area contributed by atoms with E-state index in [1.165, 1.54) is 11.1 Å². The fourth-order valence-electron chi connectivity index (χ4n) is 5.37. The molecule has 1 saturated heterocycles. The van der Waals surface area contributed by atoms with Crippen LogP contribution in [0.5, 0.6) is 5.75 Å². The molecule has 0 bridgehead atoms. The number of hydrogen-bond donors (Lipinski definition) is 1. The Morgan fingerprint density at radius 1 is 1.31 bits per heavy atom. The zero-order valence-corrected chi connectivity index (χ0v) is 22.3. The minimum atomic E-state index is -1.31. The molecule has 3 aromatic rings. The molecule has 1 aromatic carbocycles. The van der Waals surface area contributed by atoms with Gasteiger partial charge in [-0.05, 0) is 99.6 Å². The van der Waals surface area contributed by atoms with Crippen molar-refractivity contribution in [2.45, 2.75) is 57.5 Å². The topological polar surface area (TPSA) is 62.7 Å². The van der Waals surface area contributed by atoms with Crippen LogP contribution in [0.4, 0.5) is 4.39 Å². The molecular weight excluding hydrogens is 499 g/mol. The van der Waals surface area contributed by atoms with Gasteiger partial charge in [0.2, 0.25) is 0 Å². The van der Waals surface area contributed by atoms with Crippen LogP contribution in [0.25, 0.3) is 10.9 Å². The van der Waals surface area contributed by atoms with Crippen LogP contribution in [-0.4, -0.2) is 47.7 Å². The second-order valence-corrected chi connectivity index (χ2v) is 11.3. The average Bonchev–Trinajstić information content (AvgIpc) is 3.39. The normalized spacial score (nSPS) is 16.8. The van der Waals surface area contributed by atoms with Gasteiger partial charge in [-0.1, -0.05) is 17.7 Å². The summed E-state index contributed by atoms with van der Waals surface area (Å²) in [4.78, 5) is 19.9. The predicted molar refractivity (Wildman–Crippen MR) is 144 cm³/mol. The van der Waals surface area contributed by atoms with Crippen LogP contribution in [0.2, 0.25) is 5.02 Å². The van der Waals surface area contributed by atoms with Gasteiger partial charge in [-0.3, -0.25) is 9.78 Å². The number of methoxy groups -OCH3 is 1. The molecule has 1 atom stereocenters. The molecule has 8 heteroatoms. The molecule has 1 aliphatic rings. The molecule has 0 aliphatic carbocycles. The van der Waals surface area contributed by atoms with Crippen molar-refractivity contribution in [3.05, 3.63) is 57.4 Å². The first kappa shape index (κ1) is 26.8. The van der Waals surface area contributed by atoms with Gasteiger partial charge in [-0.25, -0.2) is 4.39 Å². The number of carbonyl (C=O) groups is 1. The molecule has 0 amide bonds. The van der Waals surface area contributed by atoms with E-state index < -0.39 is 17.6 Å². The zero-order chi connectivity index (χ0) is 25.5. The number of pyridine rings is 1.